The predicted molar refractivity (Wildman–Crippen MR) is 58.6 cm³/mol. The number of hydrogen-bond donors (Lipinski definition) is 0. The van der Waals surface area contributed by atoms with Crippen LogP contribution in [0.3, 0.4) is 0 Å². The number of nitrogens with zero attached hydrogens (tertiary/aromatic N) is 2. The van der Waals surface area contributed by atoms with Gasteiger partial charge in [-0.3, -0.25) is 0 Å². The van der Waals surface area contributed by atoms with Crippen molar-refractivity contribution in [2.75, 3.05) is 0 Å². The highest BCUT2D eigenvalue weighted by Gasteiger charge is 2.30. The average Bonchev–Trinajstić information content (AvgIpc) is 2.29. The first-order valence-electron chi connectivity index (χ1n) is 4.99. The molecule has 1 rings (SSSR count). The minimum absolute atomic E-state index is 0.0369. The molecule has 2 nitrogen and oxygen atoms in total. The molecule has 0 aromatic heterocycles. The molecule has 2 heteroatoms. The van der Waals surface area contributed by atoms with Gasteiger partial charge in [-0.15, -0.1) is 0 Å². The van der Waals surface area contributed by atoms with Crippen molar-refractivity contribution in [3.05, 3.63) is 35.9 Å². The molecule has 0 amide bonds. The molecule has 0 aliphatic heterocycles. The Kier molecular flexibility index (Phi) is 3.47. The van der Waals surface area contributed by atoms with Gasteiger partial charge in [-0.25, -0.2) is 0 Å². The molecule has 0 radical (unpaired) electrons. The molecule has 0 fully saturated rings. The molecule has 0 aliphatic carbocycles. The molecule has 1 aromatic rings. The number of rotatable bonds is 3. The summed E-state index contributed by atoms with van der Waals surface area (Å²) in [6.45, 7) is 3.64. The van der Waals surface area contributed by atoms with Crippen LogP contribution in [0.4, 0.5) is 0 Å². The third kappa shape index (κ3) is 2.58. The van der Waals surface area contributed by atoms with Gasteiger partial charge in [0.15, 0.2) is 0 Å². The zero-order valence-electron chi connectivity index (χ0n) is 9.07. The Morgan fingerprint density at radius 2 is 1.73 bits per heavy atom. The highest BCUT2D eigenvalue weighted by atomic mass is 14.4. The zero-order chi connectivity index (χ0) is 11.3. The van der Waals surface area contributed by atoms with Gasteiger partial charge >= 0.3 is 0 Å². The van der Waals surface area contributed by atoms with Gasteiger partial charge in [0, 0.05) is 0 Å². The molecule has 0 saturated heterocycles. The van der Waals surface area contributed by atoms with Crippen LogP contribution in [0, 0.1) is 34.0 Å². The topological polar surface area (TPSA) is 47.6 Å². The SMILES string of the molecule is CC(Cc1ccccc1)C(C)(C#N)C#N. The van der Waals surface area contributed by atoms with Crippen LogP contribution in [0.5, 0.6) is 0 Å². The van der Waals surface area contributed by atoms with E-state index in [1.165, 1.54) is 5.56 Å². The second-order valence-corrected chi connectivity index (χ2v) is 4.02. The van der Waals surface area contributed by atoms with E-state index in [-0.39, 0.29) is 5.92 Å². The van der Waals surface area contributed by atoms with Crippen LogP contribution in [-0.4, -0.2) is 0 Å². The molecule has 0 saturated carbocycles. The van der Waals surface area contributed by atoms with Gasteiger partial charge in [0.05, 0.1) is 12.1 Å². The lowest BCUT2D eigenvalue weighted by Gasteiger charge is -2.21. The van der Waals surface area contributed by atoms with Gasteiger partial charge in [-0.1, -0.05) is 37.3 Å². The van der Waals surface area contributed by atoms with E-state index in [4.69, 9.17) is 10.5 Å². The van der Waals surface area contributed by atoms with E-state index >= 15 is 0 Å². The van der Waals surface area contributed by atoms with Gasteiger partial charge in [0.25, 0.3) is 0 Å². The summed E-state index contributed by atoms with van der Waals surface area (Å²) in [7, 11) is 0. The van der Waals surface area contributed by atoms with Crippen LogP contribution in [0.15, 0.2) is 30.3 Å². The second kappa shape index (κ2) is 4.62. The standard InChI is InChI=1S/C13H14N2/c1-11(13(2,9-14)10-15)8-12-6-4-3-5-7-12/h3-7,11H,8H2,1-2H3. The molecule has 0 bridgehead atoms. The van der Waals surface area contributed by atoms with Crippen LogP contribution >= 0.6 is 0 Å². The van der Waals surface area contributed by atoms with Crippen molar-refractivity contribution in [2.45, 2.75) is 20.3 Å². The van der Waals surface area contributed by atoms with Crippen molar-refractivity contribution in [3.8, 4) is 12.1 Å². The van der Waals surface area contributed by atoms with Gasteiger partial charge in [-0.2, -0.15) is 10.5 Å². The van der Waals surface area contributed by atoms with Crippen molar-refractivity contribution in [1.29, 1.82) is 10.5 Å². The maximum Gasteiger partial charge on any atom is 0.143 e. The fourth-order valence-electron chi connectivity index (χ4n) is 1.42. The maximum atomic E-state index is 8.96. The molecule has 1 atom stereocenters. The molecule has 0 heterocycles. The fourth-order valence-corrected chi connectivity index (χ4v) is 1.42. The Hall–Kier alpha value is -1.80. The third-order valence-electron chi connectivity index (χ3n) is 2.83. The molecule has 15 heavy (non-hydrogen) atoms. The summed E-state index contributed by atoms with van der Waals surface area (Å²) in [5, 5.41) is 17.9. The first-order chi connectivity index (χ1) is 7.12. The van der Waals surface area contributed by atoms with Crippen LogP contribution in [-0.2, 0) is 6.42 Å². The van der Waals surface area contributed by atoms with Crippen LogP contribution < -0.4 is 0 Å². The van der Waals surface area contributed by atoms with Crippen LogP contribution in [0.25, 0.3) is 0 Å². The zero-order valence-corrected chi connectivity index (χ0v) is 9.07. The molecule has 1 aromatic carbocycles. The smallest absolute Gasteiger partial charge is 0.143 e. The summed E-state index contributed by atoms with van der Waals surface area (Å²) < 4.78 is 0. The van der Waals surface area contributed by atoms with Crippen molar-refractivity contribution in [2.24, 2.45) is 11.3 Å². The first-order valence-corrected chi connectivity index (χ1v) is 4.99. The Morgan fingerprint density at radius 1 is 1.20 bits per heavy atom. The highest BCUT2D eigenvalue weighted by Crippen LogP contribution is 2.28. The molecular formula is C13H14N2. The lowest BCUT2D eigenvalue weighted by Crippen LogP contribution is -2.23. The van der Waals surface area contributed by atoms with E-state index in [9.17, 15) is 0 Å². The quantitative estimate of drug-likeness (QED) is 0.749. The molecular weight excluding hydrogens is 184 g/mol. The summed E-state index contributed by atoms with van der Waals surface area (Å²) in [5.74, 6) is 0.0369. The Morgan fingerprint density at radius 3 is 2.20 bits per heavy atom. The van der Waals surface area contributed by atoms with E-state index < -0.39 is 5.41 Å². The number of hydrogen-bond acceptors (Lipinski definition) is 2. The van der Waals surface area contributed by atoms with Gasteiger partial charge in [0.1, 0.15) is 5.41 Å². The Balaban J connectivity index is 2.78. The minimum atomic E-state index is -0.893. The summed E-state index contributed by atoms with van der Waals surface area (Å²) >= 11 is 0. The number of nitriles is 2. The molecule has 76 valence electrons. The Bertz CT molecular complexity index is 381. The van der Waals surface area contributed by atoms with E-state index in [1.807, 2.05) is 37.3 Å². The van der Waals surface area contributed by atoms with Crippen LogP contribution in [0.1, 0.15) is 19.4 Å². The van der Waals surface area contributed by atoms with Gasteiger partial charge in [0.2, 0.25) is 0 Å². The second-order valence-electron chi connectivity index (χ2n) is 4.02. The fraction of sp³-hybridized carbons (Fsp3) is 0.385. The van der Waals surface area contributed by atoms with Gasteiger partial charge in [-0.05, 0) is 24.8 Å². The largest absolute Gasteiger partial charge is 0.197 e. The van der Waals surface area contributed by atoms with E-state index in [2.05, 4.69) is 12.1 Å². The van der Waals surface area contributed by atoms with Crippen molar-refractivity contribution in [3.63, 3.8) is 0 Å². The summed E-state index contributed by atoms with van der Waals surface area (Å²) in [4.78, 5) is 0. The monoisotopic (exact) mass is 198 g/mol. The third-order valence-corrected chi connectivity index (χ3v) is 2.83. The van der Waals surface area contributed by atoms with Crippen molar-refractivity contribution in [1.82, 2.24) is 0 Å². The van der Waals surface area contributed by atoms with Crippen molar-refractivity contribution >= 4 is 0 Å². The predicted octanol–water partition coefficient (Wildman–Crippen LogP) is 2.92. The number of benzene rings is 1. The minimum Gasteiger partial charge on any atom is -0.197 e. The summed E-state index contributed by atoms with van der Waals surface area (Å²) in [5.41, 5.74) is 0.275. The van der Waals surface area contributed by atoms with Crippen molar-refractivity contribution < 1.29 is 0 Å². The van der Waals surface area contributed by atoms with E-state index in [0.717, 1.165) is 6.42 Å². The lowest BCUT2D eigenvalue weighted by atomic mass is 9.77. The molecule has 1 unspecified atom stereocenters. The normalized spacial score (nSPS) is 12.5. The Labute approximate surface area is 90.8 Å². The highest BCUT2D eigenvalue weighted by molar-refractivity contribution is 5.19. The maximum absolute atomic E-state index is 8.96. The first kappa shape index (κ1) is 11.3. The average molecular weight is 198 g/mol. The van der Waals surface area contributed by atoms with Gasteiger partial charge < -0.3 is 0 Å². The molecule has 0 N–H and O–H groups in total. The lowest BCUT2D eigenvalue weighted by molar-refractivity contribution is 0.372. The van der Waals surface area contributed by atoms with Crippen LogP contribution in [0.2, 0.25) is 0 Å². The summed E-state index contributed by atoms with van der Waals surface area (Å²) in [6.07, 6.45) is 0.762. The van der Waals surface area contributed by atoms with E-state index in [1.54, 1.807) is 6.92 Å². The van der Waals surface area contributed by atoms with E-state index in [0.29, 0.717) is 0 Å². The molecule has 0 aliphatic rings. The summed E-state index contributed by atoms with van der Waals surface area (Å²) in [6, 6.07) is 14.1. The molecule has 0 spiro atoms.